The van der Waals surface area contributed by atoms with E-state index in [-0.39, 0.29) is 5.75 Å². The molecule has 0 spiro atoms. The number of nitrogens with one attached hydrogen (secondary N) is 1. The quantitative estimate of drug-likeness (QED) is 0.765. The van der Waals surface area contributed by atoms with Crippen molar-refractivity contribution in [3.63, 3.8) is 0 Å². The van der Waals surface area contributed by atoms with E-state index in [0.717, 1.165) is 10.9 Å². The highest BCUT2D eigenvalue weighted by molar-refractivity contribution is 5.90. The van der Waals surface area contributed by atoms with Gasteiger partial charge in [-0.3, -0.25) is 0 Å². The number of aromatic amines is 1. The summed E-state index contributed by atoms with van der Waals surface area (Å²) in [6.45, 7) is 0. The van der Waals surface area contributed by atoms with Gasteiger partial charge in [0.2, 0.25) is 5.75 Å². The molecule has 0 amide bonds. The number of methoxy groups -OCH3 is 2. The summed E-state index contributed by atoms with van der Waals surface area (Å²) >= 11 is 0. The van der Waals surface area contributed by atoms with E-state index in [2.05, 4.69) is 4.98 Å². The van der Waals surface area contributed by atoms with E-state index in [1.165, 1.54) is 14.2 Å². The maximum atomic E-state index is 9.62. The number of phenols is 1. The van der Waals surface area contributed by atoms with Crippen LogP contribution in [0.25, 0.3) is 10.9 Å². The molecule has 0 aliphatic rings. The van der Waals surface area contributed by atoms with Gasteiger partial charge in [-0.25, -0.2) is 0 Å². The maximum absolute atomic E-state index is 9.62. The number of aromatic hydroxyl groups is 1. The number of hydrogen-bond donors (Lipinski definition) is 2. The van der Waals surface area contributed by atoms with Crippen molar-refractivity contribution in [2.75, 3.05) is 14.2 Å². The van der Waals surface area contributed by atoms with E-state index in [9.17, 15) is 5.11 Å². The molecule has 74 valence electrons. The SMILES string of the molecule is COc1c(O)cc2cc[nH]c2c1OC. The zero-order chi connectivity index (χ0) is 10.1. The van der Waals surface area contributed by atoms with Crippen LogP contribution in [0.5, 0.6) is 17.2 Å². The molecule has 14 heavy (non-hydrogen) atoms. The van der Waals surface area contributed by atoms with Gasteiger partial charge >= 0.3 is 0 Å². The average molecular weight is 193 g/mol. The van der Waals surface area contributed by atoms with Crippen LogP contribution >= 0.6 is 0 Å². The fourth-order valence-electron chi connectivity index (χ4n) is 1.53. The zero-order valence-corrected chi connectivity index (χ0v) is 8.00. The van der Waals surface area contributed by atoms with Crippen molar-refractivity contribution >= 4 is 10.9 Å². The molecule has 0 aliphatic heterocycles. The van der Waals surface area contributed by atoms with Crippen LogP contribution in [0.1, 0.15) is 0 Å². The molecule has 2 N–H and O–H groups in total. The minimum absolute atomic E-state index is 0.0800. The number of hydrogen-bond acceptors (Lipinski definition) is 3. The normalized spacial score (nSPS) is 10.4. The van der Waals surface area contributed by atoms with Crippen LogP contribution in [0.15, 0.2) is 18.3 Å². The topological polar surface area (TPSA) is 54.5 Å². The summed E-state index contributed by atoms with van der Waals surface area (Å²) < 4.78 is 10.2. The molecule has 0 atom stereocenters. The van der Waals surface area contributed by atoms with E-state index in [0.29, 0.717) is 11.5 Å². The number of ether oxygens (including phenoxy) is 2. The molecule has 4 nitrogen and oxygen atoms in total. The highest BCUT2D eigenvalue weighted by Crippen LogP contribution is 2.41. The lowest BCUT2D eigenvalue weighted by Crippen LogP contribution is -1.91. The number of rotatable bonds is 2. The third kappa shape index (κ3) is 1.08. The van der Waals surface area contributed by atoms with Crippen LogP contribution < -0.4 is 9.47 Å². The molecule has 1 aromatic heterocycles. The van der Waals surface area contributed by atoms with Crippen molar-refractivity contribution < 1.29 is 14.6 Å². The highest BCUT2D eigenvalue weighted by atomic mass is 16.5. The molecule has 0 saturated carbocycles. The highest BCUT2D eigenvalue weighted by Gasteiger charge is 2.14. The zero-order valence-electron chi connectivity index (χ0n) is 8.00. The molecule has 0 radical (unpaired) electrons. The van der Waals surface area contributed by atoms with E-state index in [1.807, 2.05) is 6.07 Å². The van der Waals surface area contributed by atoms with Crippen molar-refractivity contribution in [2.45, 2.75) is 0 Å². The number of benzene rings is 1. The molecular formula is C10H11NO3. The summed E-state index contributed by atoms with van der Waals surface area (Å²) in [5, 5.41) is 10.5. The van der Waals surface area contributed by atoms with E-state index in [1.54, 1.807) is 12.3 Å². The Kier molecular flexibility index (Phi) is 1.96. The van der Waals surface area contributed by atoms with Crippen LogP contribution in [0.2, 0.25) is 0 Å². The summed E-state index contributed by atoms with van der Waals surface area (Å²) in [7, 11) is 3.03. The Hall–Kier alpha value is -1.84. The lowest BCUT2D eigenvalue weighted by molar-refractivity contribution is 0.336. The van der Waals surface area contributed by atoms with Crippen molar-refractivity contribution in [1.29, 1.82) is 0 Å². The second-order valence-corrected chi connectivity index (χ2v) is 2.90. The van der Waals surface area contributed by atoms with Gasteiger partial charge in [-0.2, -0.15) is 0 Å². The largest absolute Gasteiger partial charge is 0.504 e. The monoisotopic (exact) mass is 193 g/mol. The standard InChI is InChI=1S/C10H11NO3/c1-13-9-7(12)5-6-3-4-11-8(6)10(9)14-2/h3-5,11-12H,1-2H3. The van der Waals surface area contributed by atoms with E-state index >= 15 is 0 Å². The fraction of sp³-hybridized carbons (Fsp3) is 0.200. The second kappa shape index (κ2) is 3.14. The first-order valence-corrected chi connectivity index (χ1v) is 4.19. The van der Waals surface area contributed by atoms with Crippen molar-refractivity contribution in [2.24, 2.45) is 0 Å². The van der Waals surface area contributed by atoms with Gasteiger partial charge in [-0.15, -0.1) is 0 Å². The van der Waals surface area contributed by atoms with Crippen LogP contribution in [0, 0.1) is 0 Å². The third-order valence-corrected chi connectivity index (χ3v) is 2.15. The molecular weight excluding hydrogens is 182 g/mol. The molecule has 0 bridgehead atoms. The molecule has 2 rings (SSSR count). The van der Waals surface area contributed by atoms with Gasteiger partial charge in [0.05, 0.1) is 19.7 Å². The molecule has 4 heteroatoms. The lowest BCUT2D eigenvalue weighted by atomic mass is 10.2. The van der Waals surface area contributed by atoms with E-state index in [4.69, 9.17) is 9.47 Å². The predicted octanol–water partition coefficient (Wildman–Crippen LogP) is 1.89. The predicted molar refractivity (Wildman–Crippen MR) is 53.1 cm³/mol. The second-order valence-electron chi connectivity index (χ2n) is 2.90. The molecule has 1 aromatic carbocycles. The molecule has 1 heterocycles. The van der Waals surface area contributed by atoms with Crippen LogP contribution in [-0.2, 0) is 0 Å². The Morgan fingerprint density at radius 1 is 1.21 bits per heavy atom. The van der Waals surface area contributed by atoms with Crippen LogP contribution in [-0.4, -0.2) is 24.3 Å². The van der Waals surface area contributed by atoms with Gasteiger partial charge in [0, 0.05) is 11.6 Å². The summed E-state index contributed by atoms with van der Waals surface area (Å²) in [4.78, 5) is 3.02. The fourth-order valence-corrected chi connectivity index (χ4v) is 1.53. The third-order valence-electron chi connectivity index (χ3n) is 2.15. The van der Waals surface area contributed by atoms with Gasteiger partial charge < -0.3 is 19.6 Å². The summed E-state index contributed by atoms with van der Waals surface area (Å²) in [5.41, 5.74) is 0.821. The number of fused-ring (bicyclic) bond motifs is 1. The summed E-state index contributed by atoms with van der Waals surface area (Å²) in [5.74, 6) is 0.950. The Labute approximate surface area is 81.1 Å². The Balaban J connectivity index is 2.82. The van der Waals surface area contributed by atoms with Gasteiger partial charge in [-0.1, -0.05) is 0 Å². The van der Waals surface area contributed by atoms with Gasteiger partial charge in [-0.05, 0) is 12.1 Å². The minimum Gasteiger partial charge on any atom is -0.504 e. The first kappa shape index (κ1) is 8.74. The van der Waals surface area contributed by atoms with Gasteiger partial charge in [0.25, 0.3) is 0 Å². The summed E-state index contributed by atoms with van der Waals surface area (Å²) in [6.07, 6.45) is 1.78. The molecule has 0 unspecified atom stereocenters. The van der Waals surface area contributed by atoms with Crippen LogP contribution in [0.4, 0.5) is 0 Å². The summed E-state index contributed by atoms with van der Waals surface area (Å²) in [6, 6.07) is 3.49. The first-order valence-electron chi connectivity index (χ1n) is 4.19. The van der Waals surface area contributed by atoms with E-state index < -0.39 is 0 Å². The smallest absolute Gasteiger partial charge is 0.205 e. The van der Waals surface area contributed by atoms with Crippen LogP contribution in [0.3, 0.4) is 0 Å². The van der Waals surface area contributed by atoms with Crippen molar-refractivity contribution in [3.8, 4) is 17.2 Å². The Morgan fingerprint density at radius 2 is 1.93 bits per heavy atom. The number of aromatic nitrogens is 1. The maximum Gasteiger partial charge on any atom is 0.205 e. The first-order chi connectivity index (χ1) is 6.77. The van der Waals surface area contributed by atoms with Crippen molar-refractivity contribution in [1.82, 2.24) is 4.98 Å². The molecule has 0 fully saturated rings. The minimum atomic E-state index is 0.0800. The Morgan fingerprint density at radius 3 is 2.57 bits per heavy atom. The number of H-pyrrole nitrogens is 1. The average Bonchev–Trinajstić information content (AvgIpc) is 2.62. The lowest BCUT2D eigenvalue weighted by Gasteiger charge is -2.09. The van der Waals surface area contributed by atoms with Crippen molar-refractivity contribution in [3.05, 3.63) is 18.3 Å². The number of phenolic OH excluding ortho intramolecular Hbond substituents is 1. The van der Waals surface area contributed by atoms with Gasteiger partial charge in [0.1, 0.15) is 0 Å². The Bertz CT molecular complexity index is 462. The molecule has 0 aliphatic carbocycles. The molecule has 2 aromatic rings. The molecule has 0 saturated heterocycles. The van der Waals surface area contributed by atoms with Gasteiger partial charge in [0.15, 0.2) is 11.5 Å².